The smallest absolute Gasteiger partial charge is 0.0731 e. The average Bonchev–Trinajstić information content (AvgIpc) is 3.65. The van der Waals surface area contributed by atoms with Gasteiger partial charge in [-0.15, -0.1) is 6.42 Å². The molecule has 0 N–H and O–H groups in total. The van der Waals surface area contributed by atoms with Crippen LogP contribution in [0.25, 0.3) is 39.0 Å². The number of rotatable bonds is 6. The number of allylic oxidation sites excluding steroid dienone is 4. The van der Waals surface area contributed by atoms with Gasteiger partial charge in [-0.25, -0.2) is 0 Å². The molecule has 2 aliphatic carbocycles. The maximum absolute atomic E-state index is 6.30. The molecule has 0 amide bonds. The molecule has 51 heavy (non-hydrogen) atoms. The summed E-state index contributed by atoms with van der Waals surface area (Å²) in [6, 6.07) is 63.5. The van der Waals surface area contributed by atoms with Crippen molar-refractivity contribution >= 4 is 22.6 Å². The van der Waals surface area contributed by atoms with Crippen LogP contribution >= 0.6 is 0 Å². The van der Waals surface area contributed by atoms with Crippen LogP contribution in [0.15, 0.2) is 194 Å². The number of nitrogens with zero attached hydrogens (tertiary/aromatic N) is 1. The predicted octanol–water partition coefficient (Wildman–Crippen LogP) is 12.8. The van der Waals surface area contributed by atoms with Crippen molar-refractivity contribution in [2.45, 2.75) is 12.3 Å². The molecule has 1 heteroatoms. The number of terminal acetylenes is 1. The summed E-state index contributed by atoms with van der Waals surface area (Å²) in [4.78, 5) is 2.37. The quantitative estimate of drug-likeness (QED) is 0.162. The van der Waals surface area contributed by atoms with Crippen LogP contribution in [0.3, 0.4) is 0 Å². The van der Waals surface area contributed by atoms with Gasteiger partial charge >= 0.3 is 0 Å². The Balaban J connectivity index is 1.24. The fraction of sp³-hybridized carbons (Fsp3) is 0.0400. The van der Waals surface area contributed by atoms with Crippen molar-refractivity contribution in [3.8, 4) is 45.7 Å². The van der Waals surface area contributed by atoms with Gasteiger partial charge in [-0.1, -0.05) is 158 Å². The fourth-order valence-electron chi connectivity index (χ4n) is 8.34. The zero-order valence-corrected chi connectivity index (χ0v) is 28.4. The van der Waals surface area contributed by atoms with E-state index in [4.69, 9.17) is 6.42 Å². The fourth-order valence-corrected chi connectivity index (χ4v) is 8.34. The molecule has 1 nitrogen and oxygen atoms in total. The Bertz CT molecular complexity index is 2430. The third-order valence-corrected chi connectivity index (χ3v) is 10.5. The summed E-state index contributed by atoms with van der Waals surface area (Å²) in [6.45, 7) is 2.08. The molecule has 0 saturated carbocycles. The average molecular weight is 650 g/mol. The zero-order valence-electron chi connectivity index (χ0n) is 28.4. The molecule has 240 valence electrons. The van der Waals surface area contributed by atoms with Crippen molar-refractivity contribution < 1.29 is 0 Å². The van der Waals surface area contributed by atoms with E-state index in [1.807, 2.05) is 0 Å². The van der Waals surface area contributed by atoms with Crippen molar-refractivity contribution in [1.82, 2.24) is 0 Å². The van der Waals surface area contributed by atoms with E-state index in [9.17, 15) is 0 Å². The molecule has 1 unspecified atom stereocenters. The molecule has 1 spiro atoms. The molecular weight excluding hydrogens is 615 g/mol. The lowest BCUT2D eigenvalue weighted by atomic mass is 9.69. The lowest BCUT2D eigenvalue weighted by Gasteiger charge is -2.32. The van der Waals surface area contributed by atoms with Gasteiger partial charge in [0.15, 0.2) is 0 Å². The third-order valence-electron chi connectivity index (χ3n) is 10.5. The first-order chi connectivity index (χ1) is 25.2. The zero-order chi connectivity index (χ0) is 34.4. The van der Waals surface area contributed by atoms with Crippen molar-refractivity contribution in [1.29, 1.82) is 0 Å². The van der Waals surface area contributed by atoms with Crippen molar-refractivity contribution in [3.05, 3.63) is 216 Å². The first-order valence-corrected chi connectivity index (χ1v) is 17.5. The monoisotopic (exact) mass is 649 g/mol. The highest BCUT2D eigenvalue weighted by Gasteiger charge is 2.52. The maximum atomic E-state index is 6.30. The molecule has 7 aromatic carbocycles. The number of hydrogen-bond acceptors (Lipinski definition) is 1. The van der Waals surface area contributed by atoms with Gasteiger partial charge in [-0.05, 0) is 105 Å². The highest BCUT2D eigenvalue weighted by molar-refractivity contribution is 6.00. The molecule has 0 saturated heterocycles. The van der Waals surface area contributed by atoms with Crippen molar-refractivity contribution in [2.24, 2.45) is 0 Å². The second kappa shape index (κ2) is 12.4. The predicted molar refractivity (Wildman–Crippen MR) is 214 cm³/mol. The summed E-state index contributed by atoms with van der Waals surface area (Å²) >= 11 is 0. The van der Waals surface area contributed by atoms with Gasteiger partial charge < -0.3 is 4.90 Å². The van der Waals surface area contributed by atoms with Gasteiger partial charge in [0.25, 0.3) is 0 Å². The standard InChI is InChI=1S/C50H35N/c1-3-15-46-42(4-2)43-20-11-13-22-47(43)50(46)48-23-14-12-21-44(48)45-34-41(32-33-49(45)50)51(39-28-24-37(25-29-39)35-16-7-5-8-17-35)40-30-26-38(27-31-40)36-18-9-6-10-19-36/h2-3,5-34H,1H3/b15-3-. The van der Waals surface area contributed by atoms with Gasteiger partial charge in [-0.2, -0.15) is 0 Å². The van der Waals surface area contributed by atoms with Gasteiger partial charge in [0.1, 0.15) is 0 Å². The first-order valence-electron chi connectivity index (χ1n) is 17.5. The Morgan fingerprint density at radius 1 is 0.471 bits per heavy atom. The normalized spacial score (nSPS) is 15.5. The minimum absolute atomic E-state index is 0.491. The molecule has 0 heterocycles. The van der Waals surface area contributed by atoms with E-state index in [0.717, 1.165) is 33.8 Å². The molecule has 0 bridgehead atoms. The molecule has 0 fully saturated rings. The van der Waals surface area contributed by atoms with Crippen LogP contribution in [0.5, 0.6) is 0 Å². The Kier molecular flexibility index (Phi) is 7.38. The Hall–Kier alpha value is -6.62. The molecule has 9 rings (SSSR count). The highest BCUT2D eigenvalue weighted by atomic mass is 15.1. The topological polar surface area (TPSA) is 3.24 Å². The lowest BCUT2D eigenvalue weighted by Crippen LogP contribution is -2.26. The maximum Gasteiger partial charge on any atom is 0.0731 e. The van der Waals surface area contributed by atoms with Crippen molar-refractivity contribution in [3.63, 3.8) is 0 Å². The highest BCUT2D eigenvalue weighted by Crippen LogP contribution is 2.62. The van der Waals surface area contributed by atoms with Crippen LogP contribution in [0, 0.1) is 12.3 Å². The second-order valence-corrected chi connectivity index (χ2v) is 13.2. The SMILES string of the molecule is C#CC1=C(/C=C\C)C2(c3ccccc31)c1ccccc1-c1cc(N(c3ccc(-c4ccccc4)cc3)c3ccc(-c4ccccc4)cc3)ccc12. The van der Waals surface area contributed by atoms with Crippen LogP contribution in [-0.2, 0) is 5.41 Å². The largest absolute Gasteiger partial charge is 0.310 e. The van der Waals surface area contributed by atoms with E-state index in [0.29, 0.717) is 0 Å². The minimum Gasteiger partial charge on any atom is -0.310 e. The number of anilines is 3. The third kappa shape index (κ3) is 4.73. The second-order valence-electron chi connectivity index (χ2n) is 13.2. The summed E-state index contributed by atoms with van der Waals surface area (Å²) in [5.74, 6) is 3.09. The number of benzene rings is 7. The van der Waals surface area contributed by atoms with Gasteiger partial charge in [0, 0.05) is 22.6 Å². The van der Waals surface area contributed by atoms with Crippen LogP contribution in [0.1, 0.15) is 29.2 Å². The van der Waals surface area contributed by atoms with Crippen LogP contribution < -0.4 is 4.90 Å². The summed E-state index contributed by atoms with van der Waals surface area (Å²) < 4.78 is 0. The molecule has 0 radical (unpaired) electrons. The summed E-state index contributed by atoms with van der Waals surface area (Å²) in [6.07, 6.45) is 10.6. The summed E-state index contributed by atoms with van der Waals surface area (Å²) in [7, 11) is 0. The van der Waals surface area contributed by atoms with Gasteiger partial charge in [-0.3, -0.25) is 0 Å². The van der Waals surface area contributed by atoms with Crippen LogP contribution in [-0.4, -0.2) is 0 Å². The molecule has 0 aliphatic heterocycles. The molecule has 1 atom stereocenters. The van der Waals surface area contributed by atoms with Crippen LogP contribution in [0.4, 0.5) is 17.1 Å². The van der Waals surface area contributed by atoms with Crippen molar-refractivity contribution in [2.75, 3.05) is 4.90 Å². The van der Waals surface area contributed by atoms with E-state index >= 15 is 0 Å². The number of fused-ring (bicyclic) bond motifs is 7. The van der Waals surface area contributed by atoms with E-state index in [-0.39, 0.29) is 0 Å². The summed E-state index contributed by atoms with van der Waals surface area (Å²) in [5.41, 5.74) is 17.1. The van der Waals surface area contributed by atoms with Gasteiger partial charge in [0.2, 0.25) is 0 Å². The van der Waals surface area contributed by atoms with Crippen LogP contribution in [0.2, 0.25) is 0 Å². The molecular formula is C50H35N. The molecule has 2 aliphatic rings. The number of hydrogen-bond donors (Lipinski definition) is 0. The van der Waals surface area contributed by atoms with E-state index in [1.165, 1.54) is 50.1 Å². The Labute approximate surface area is 300 Å². The van der Waals surface area contributed by atoms with E-state index in [1.54, 1.807) is 0 Å². The van der Waals surface area contributed by atoms with Gasteiger partial charge in [0.05, 0.1) is 5.41 Å². The Morgan fingerprint density at radius 3 is 1.47 bits per heavy atom. The minimum atomic E-state index is -0.491. The van der Waals surface area contributed by atoms with E-state index < -0.39 is 5.41 Å². The summed E-state index contributed by atoms with van der Waals surface area (Å²) in [5, 5.41) is 0. The first kappa shape index (κ1) is 30.4. The molecule has 0 aromatic heterocycles. The van der Waals surface area contributed by atoms with E-state index in [2.05, 4.69) is 206 Å². The lowest BCUT2D eigenvalue weighted by molar-refractivity contribution is 0.786. The molecule has 7 aromatic rings. The Morgan fingerprint density at radius 2 is 0.922 bits per heavy atom.